The maximum atomic E-state index is 12.7. The van der Waals surface area contributed by atoms with Crippen LogP contribution in [0.4, 0.5) is 0 Å². The number of carbonyl (C=O) groups is 1. The standard InChI is InChI=1S/C27H33NO4/c1-5-19(4)20-8-10-21(11-9-20)25(6-2)28-27(29)26-17-16-24(32-26)18-31-23-14-12-22(13-15-23)30-7-3/h8-17,19,25H,5-7,18H2,1-4H3,(H,28,29). The van der Waals surface area contributed by atoms with E-state index in [1.54, 1.807) is 12.1 Å². The number of rotatable bonds is 11. The maximum absolute atomic E-state index is 12.7. The van der Waals surface area contributed by atoms with Crippen LogP contribution in [0.15, 0.2) is 65.1 Å². The van der Waals surface area contributed by atoms with E-state index >= 15 is 0 Å². The van der Waals surface area contributed by atoms with Crippen molar-refractivity contribution in [2.24, 2.45) is 0 Å². The molecule has 0 saturated carbocycles. The predicted molar refractivity (Wildman–Crippen MR) is 126 cm³/mol. The smallest absolute Gasteiger partial charge is 0.287 e. The third kappa shape index (κ3) is 6.16. The first-order chi connectivity index (χ1) is 15.5. The van der Waals surface area contributed by atoms with Crippen LogP contribution >= 0.6 is 0 Å². The second kappa shape index (κ2) is 11.4. The highest BCUT2D eigenvalue weighted by Crippen LogP contribution is 2.24. The number of nitrogens with one attached hydrogen (secondary N) is 1. The van der Waals surface area contributed by atoms with Crippen molar-refractivity contribution in [1.29, 1.82) is 0 Å². The van der Waals surface area contributed by atoms with Crippen LogP contribution in [0, 0.1) is 0 Å². The lowest BCUT2D eigenvalue weighted by Crippen LogP contribution is -2.27. The zero-order chi connectivity index (χ0) is 22.9. The zero-order valence-electron chi connectivity index (χ0n) is 19.4. The van der Waals surface area contributed by atoms with Gasteiger partial charge in [-0.15, -0.1) is 0 Å². The second-order valence-corrected chi connectivity index (χ2v) is 7.87. The second-order valence-electron chi connectivity index (χ2n) is 7.87. The summed E-state index contributed by atoms with van der Waals surface area (Å²) in [7, 11) is 0. The summed E-state index contributed by atoms with van der Waals surface area (Å²) >= 11 is 0. The molecule has 2 unspecified atom stereocenters. The molecule has 1 N–H and O–H groups in total. The van der Waals surface area contributed by atoms with E-state index in [1.165, 1.54) is 5.56 Å². The van der Waals surface area contributed by atoms with Gasteiger partial charge in [0.1, 0.15) is 23.9 Å². The van der Waals surface area contributed by atoms with Crippen LogP contribution in [-0.4, -0.2) is 12.5 Å². The average Bonchev–Trinajstić information content (AvgIpc) is 3.31. The van der Waals surface area contributed by atoms with Crippen molar-refractivity contribution in [1.82, 2.24) is 5.32 Å². The molecule has 0 fully saturated rings. The highest BCUT2D eigenvalue weighted by atomic mass is 16.5. The number of benzene rings is 2. The van der Waals surface area contributed by atoms with Gasteiger partial charge in [-0.05, 0) is 73.2 Å². The molecule has 5 nitrogen and oxygen atoms in total. The van der Waals surface area contributed by atoms with Gasteiger partial charge in [-0.2, -0.15) is 0 Å². The monoisotopic (exact) mass is 435 g/mol. The molecule has 3 aromatic rings. The summed E-state index contributed by atoms with van der Waals surface area (Å²) in [5, 5.41) is 3.08. The molecule has 3 rings (SSSR count). The first kappa shape index (κ1) is 23.5. The van der Waals surface area contributed by atoms with E-state index < -0.39 is 0 Å². The van der Waals surface area contributed by atoms with Gasteiger partial charge in [0.2, 0.25) is 0 Å². The van der Waals surface area contributed by atoms with E-state index in [9.17, 15) is 4.79 Å². The third-order valence-electron chi connectivity index (χ3n) is 5.64. The number of furan rings is 1. The SMILES string of the molecule is CCOc1ccc(OCc2ccc(C(=O)NC(CC)c3ccc(C(C)CC)cc3)o2)cc1. The van der Waals surface area contributed by atoms with E-state index in [1.807, 2.05) is 31.2 Å². The Morgan fingerprint density at radius 1 is 0.844 bits per heavy atom. The lowest BCUT2D eigenvalue weighted by atomic mass is 9.95. The summed E-state index contributed by atoms with van der Waals surface area (Å²) in [6.07, 6.45) is 1.90. The molecule has 0 saturated heterocycles. The van der Waals surface area contributed by atoms with Gasteiger partial charge in [-0.3, -0.25) is 4.79 Å². The topological polar surface area (TPSA) is 60.7 Å². The van der Waals surface area contributed by atoms with E-state index in [2.05, 4.69) is 50.4 Å². The maximum Gasteiger partial charge on any atom is 0.287 e. The number of carbonyl (C=O) groups excluding carboxylic acids is 1. The summed E-state index contributed by atoms with van der Waals surface area (Å²) in [5.74, 6) is 2.69. The molecule has 170 valence electrons. The first-order valence-corrected chi connectivity index (χ1v) is 11.4. The van der Waals surface area contributed by atoms with E-state index in [0.717, 1.165) is 24.2 Å². The highest BCUT2D eigenvalue weighted by Gasteiger charge is 2.17. The molecule has 1 amide bonds. The quantitative estimate of drug-likeness (QED) is 0.366. The summed E-state index contributed by atoms with van der Waals surface area (Å²) in [5.41, 5.74) is 2.42. The van der Waals surface area contributed by atoms with Crippen molar-refractivity contribution in [3.05, 3.63) is 83.3 Å². The molecule has 2 atom stereocenters. The van der Waals surface area contributed by atoms with Crippen LogP contribution in [-0.2, 0) is 6.61 Å². The van der Waals surface area contributed by atoms with Gasteiger partial charge in [0.25, 0.3) is 5.91 Å². The lowest BCUT2D eigenvalue weighted by Gasteiger charge is -2.18. The van der Waals surface area contributed by atoms with Gasteiger partial charge in [-0.1, -0.05) is 45.0 Å². The minimum Gasteiger partial charge on any atom is -0.494 e. The Kier molecular flexibility index (Phi) is 8.37. The Bertz CT molecular complexity index is 976. The first-order valence-electron chi connectivity index (χ1n) is 11.4. The molecule has 0 aliphatic heterocycles. The Balaban J connectivity index is 1.57. The van der Waals surface area contributed by atoms with Crippen molar-refractivity contribution in [2.75, 3.05) is 6.61 Å². The van der Waals surface area contributed by atoms with Crippen LogP contribution in [0.3, 0.4) is 0 Å². The van der Waals surface area contributed by atoms with E-state index in [-0.39, 0.29) is 24.3 Å². The van der Waals surface area contributed by atoms with Gasteiger partial charge < -0.3 is 19.2 Å². The van der Waals surface area contributed by atoms with Crippen LogP contribution in [0.1, 0.15) is 79.9 Å². The molecule has 5 heteroatoms. The molecule has 0 radical (unpaired) electrons. The zero-order valence-corrected chi connectivity index (χ0v) is 19.4. The van der Waals surface area contributed by atoms with Crippen LogP contribution in [0.5, 0.6) is 11.5 Å². The fourth-order valence-corrected chi connectivity index (χ4v) is 3.47. The van der Waals surface area contributed by atoms with E-state index in [4.69, 9.17) is 13.9 Å². The molecular weight excluding hydrogens is 402 g/mol. The normalized spacial score (nSPS) is 12.8. The Hall–Kier alpha value is -3.21. The molecule has 1 heterocycles. The third-order valence-corrected chi connectivity index (χ3v) is 5.64. The molecule has 0 bridgehead atoms. The lowest BCUT2D eigenvalue weighted by molar-refractivity contribution is 0.0903. The highest BCUT2D eigenvalue weighted by molar-refractivity contribution is 5.91. The molecule has 0 aliphatic carbocycles. The van der Waals surface area contributed by atoms with Gasteiger partial charge in [0.15, 0.2) is 5.76 Å². The number of hydrogen-bond acceptors (Lipinski definition) is 4. The van der Waals surface area contributed by atoms with Crippen LogP contribution in [0.25, 0.3) is 0 Å². The van der Waals surface area contributed by atoms with Gasteiger partial charge >= 0.3 is 0 Å². The number of hydrogen-bond donors (Lipinski definition) is 1. The van der Waals surface area contributed by atoms with Crippen molar-refractivity contribution in [2.45, 2.75) is 59.1 Å². The molecule has 1 aromatic heterocycles. The Morgan fingerprint density at radius 3 is 2.06 bits per heavy atom. The van der Waals surface area contributed by atoms with Gasteiger partial charge in [0, 0.05) is 0 Å². The van der Waals surface area contributed by atoms with Crippen LogP contribution < -0.4 is 14.8 Å². The molecule has 0 aliphatic rings. The predicted octanol–water partition coefficient (Wildman–Crippen LogP) is 6.65. The Labute approximate surface area is 190 Å². The number of ether oxygens (including phenoxy) is 2. The fourth-order valence-electron chi connectivity index (χ4n) is 3.47. The molecule has 32 heavy (non-hydrogen) atoms. The van der Waals surface area contributed by atoms with E-state index in [0.29, 0.717) is 24.0 Å². The summed E-state index contributed by atoms with van der Waals surface area (Å²) in [6.45, 7) is 9.29. The fraction of sp³-hybridized carbons (Fsp3) is 0.370. The molecule has 0 spiro atoms. The summed E-state index contributed by atoms with van der Waals surface area (Å²) in [4.78, 5) is 12.7. The minimum absolute atomic E-state index is 0.0675. The Morgan fingerprint density at radius 2 is 1.47 bits per heavy atom. The van der Waals surface area contributed by atoms with Gasteiger partial charge in [0.05, 0.1) is 12.6 Å². The number of amides is 1. The summed E-state index contributed by atoms with van der Waals surface area (Å²) < 4.78 is 16.9. The van der Waals surface area contributed by atoms with Crippen molar-refractivity contribution in [3.8, 4) is 11.5 Å². The van der Waals surface area contributed by atoms with Crippen molar-refractivity contribution in [3.63, 3.8) is 0 Å². The largest absolute Gasteiger partial charge is 0.494 e. The van der Waals surface area contributed by atoms with Crippen LogP contribution in [0.2, 0.25) is 0 Å². The summed E-state index contributed by atoms with van der Waals surface area (Å²) in [6, 6.07) is 19.3. The van der Waals surface area contributed by atoms with Crippen molar-refractivity contribution >= 4 is 5.91 Å². The average molecular weight is 436 g/mol. The van der Waals surface area contributed by atoms with Crippen molar-refractivity contribution < 1.29 is 18.7 Å². The molecule has 2 aromatic carbocycles. The minimum atomic E-state index is -0.227. The van der Waals surface area contributed by atoms with Gasteiger partial charge in [-0.25, -0.2) is 0 Å². The molecular formula is C27H33NO4.